The third-order valence-corrected chi connectivity index (χ3v) is 8.05. The maximum Gasteiger partial charge on any atom is 0.402 e. The van der Waals surface area contributed by atoms with Crippen molar-refractivity contribution < 1.29 is 13.2 Å². The lowest BCUT2D eigenvalue weighted by atomic mass is 9.78. The number of halogens is 3. The molecule has 3 heteroatoms. The van der Waals surface area contributed by atoms with Gasteiger partial charge in [0.05, 0.1) is 0 Å². The van der Waals surface area contributed by atoms with Crippen molar-refractivity contribution in [3.63, 3.8) is 0 Å². The van der Waals surface area contributed by atoms with Gasteiger partial charge in [-0.25, -0.2) is 0 Å². The van der Waals surface area contributed by atoms with Gasteiger partial charge in [-0.1, -0.05) is 86.1 Å². The monoisotopic (exact) mass is 454 g/mol. The molecular formula is C31H25F3. The Morgan fingerprint density at radius 1 is 0.559 bits per heavy atom. The topological polar surface area (TPSA) is 0 Å². The molecule has 4 aromatic carbocycles. The largest absolute Gasteiger partial charge is 0.402 e. The summed E-state index contributed by atoms with van der Waals surface area (Å²) < 4.78 is 43.5. The van der Waals surface area contributed by atoms with Gasteiger partial charge in [-0.3, -0.25) is 0 Å². The highest BCUT2D eigenvalue weighted by molar-refractivity contribution is 5.87. The molecule has 34 heavy (non-hydrogen) atoms. The Bertz CT molecular complexity index is 1490. The highest BCUT2D eigenvalue weighted by Gasteiger charge is 2.58. The van der Waals surface area contributed by atoms with Crippen LogP contribution in [0.25, 0.3) is 33.4 Å². The van der Waals surface area contributed by atoms with Crippen LogP contribution in [-0.4, -0.2) is 6.18 Å². The molecule has 0 fully saturated rings. The molecule has 0 saturated heterocycles. The fourth-order valence-electron chi connectivity index (χ4n) is 6.01. The van der Waals surface area contributed by atoms with Crippen molar-refractivity contribution in [2.45, 2.75) is 44.7 Å². The minimum Gasteiger partial charge on any atom is -0.170 e. The number of rotatable bonds is 1. The summed E-state index contributed by atoms with van der Waals surface area (Å²) in [6.07, 6.45) is -4.40. The fraction of sp³-hybridized carbons (Fsp3) is 0.226. The highest BCUT2D eigenvalue weighted by atomic mass is 19.4. The van der Waals surface area contributed by atoms with Crippen LogP contribution in [0.1, 0.15) is 48.6 Å². The van der Waals surface area contributed by atoms with Crippen molar-refractivity contribution in [1.29, 1.82) is 0 Å². The molecule has 0 amide bonds. The molecule has 170 valence electrons. The Balaban J connectivity index is 1.52. The maximum atomic E-state index is 14.5. The molecule has 0 spiro atoms. The van der Waals surface area contributed by atoms with Gasteiger partial charge in [-0.2, -0.15) is 13.2 Å². The summed E-state index contributed by atoms with van der Waals surface area (Å²) in [7, 11) is 0. The summed E-state index contributed by atoms with van der Waals surface area (Å²) in [4.78, 5) is 0. The van der Waals surface area contributed by atoms with Crippen LogP contribution in [0.5, 0.6) is 0 Å². The summed E-state index contributed by atoms with van der Waals surface area (Å²) in [5.74, 6) is 0. The summed E-state index contributed by atoms with van der Waals surface area (Å²) in [5, 5.41) is 0. The molecule has 0 saturated carbocycles. The minimum absolute atomic E-state index is 0.167. The van der Waals surface area contributed by atoms with Gasteiger partial charge in [-0.15, -0.1) is 0 Å². The van der Waals surface area contributed by atoms with E-state index in [1.807, 2.05) is 18.2 Å². The lowest BCUT2D eigenvalue weighted by Crippen LogP contribution is -2.38. The van der Waals surface area contributed by atoms with Crippen molar-refractivity contribution in [3.8, 4) is 33.4 Å². The third-order valence-electron chi connectivity index (χ3n) is 8.05. The van der Waals surface area contributed by atoms with Gasteiger partial charge >= 0.3 is 6.18 Å². The van der Waals surface area contributed by atoms with E-state index in [1.165, 1.54) is 34.7 Å². The first-order valence-electron chi connectivity index (χ1n) is 11.6. The number of alkyl halides is 3. The van der Waals surface area contributed by atoms with Crippen molar-refractivity contribution in [3.05, 3.63) is 107 Å². The van der Waals surface area contributed by atoms with E-state index < -0.39 is 11.6 Å². The van der Waals surface area contributed by atoms with Gasteiger partial charge < -0.3 is 0 Å². The van der Waals surface area contributed by atoms with Gasteiger partial charge in [-0.05, 0) is 81.6 Å². The van der Waals surface area contributed by atoms with E-state index in [-0.39, 0.29) is 5.41 Å². The van der Waals surface area contributed by atoms with E-state index >= 15 is 0 Å². The van der Waals surface area contributed by atoms with Crippen LogP contribution in [0.2, 0.25) is 0 Å². The number of hydrogen-bond acceptors (Lipinski definition) is 0. The first-order valence-corrected chi connectivity index (χ1v) is 11.6. The summed E-state index contributed by atoms with van der Waals surface area (Å²) in [5.41, 5.74) is 7.75. The Labute approximate surface area is 198 Å². The van der Waals surface area contributed by atoms with Gasteiger partial charge in [0.25, 0.3) is 0 Å². The van der Waals surface area contributed by atoms with Crippen molar-refractivity contribution in [2.75, 3.05) is 0 Å². The average Bonchev–Trinajstić information content (AvgIpc) is 3.20. The van der Waals surface area contributed by atoms with Crippen LogP contribution in [0.15, 0.2) is 78.9 Å². The maximum absolute atomic E-state index is 14.5. The molecule has 0 heterocycles. The van der Waals surface area contributed by atoms with Crippen LogP contribution in [-0.2, 0) is 10.8 Å². The normalized spacial score (nSPS) is 19.4. The molecule has 6 rings (SSSR count). The molecule has 4 aromatic rings. The smallest absolute Gasteiger partial charge is 0.170 e. The van der Waals surface area contributed by atoms with E-state index in [2.05, 4.69) is 51.1 Å². The minimum atomic E-state index is -4.40. The first kappa shape index (κ1) is 21.2. The molecule has 1 unspecified atom stereocenters. The van der Waals surface area contributed by atoms with E-state index in [9.17, 15) is 13.2 Å². The predicted octanol–water partition coefficient (Wildman–Crippen LogP) is 8.82. The zero-order valence-corrected chi connectivity index (χ0v) is 19.6. The predicted molar refractivity (Wildman–Crippen MR) is 132 cm³/mol. The third kappa shape index (κ3) is 2.61. The van der Waals surface area contributed by atoms with E-state index in [1.54, 1.807) is 30.3 Å². The zero-order chi connectivity index (χ0) is 24.0. The number of aryl methyl sites for hydroxylation is 1. The first-order chi connectivity index (χ1) is 16.0. The highest BCUT2D eigenvalue weighted by Crippen LogP contribution is 2.57. The summed E-state index contributed by atoms with van der Waals surface area (Å²) >= 11 is 0. The SMILES string of the molecule is Cc1ccc2c(c1)C(C)(C)c1cc(-c3ccc4c(c3)C(C)(C(F)(F)F)c3ccccc3-4)ccc1-2. The van der Waals surface area contributed by atoms with Crippen molar-refractivity contribution >= 4 is 0 Å². The van der Waals surface area contributed by atoms with Gasteiger partial charge in [0.15, 0.2) is 0 Å². The van der Waals surface area contributed by atoms with Crippen LogP contribution < -0.4 is 0 Å². The molecule has 0 aliphatic heterocycles. The summed E-state index contributed by atoms with van der Waals surface area (Å²) in [6.45, 7) is 7.86. The number of benzene rings is 4. The van der Waals surface area contributed by atoms with Crippen LogP contribution >= 0.6 is 0 Å². The van der Waals surface area contributed by atoms with E-state index in [0.717, 1.165) is 11.1 Å². The van der Waals surface area contributed by atoms with Crippen molar-refractivity contribution in [2.24, 2.45) is 0 Å². The molecule has 0 N–H and O–H groups in total. The average molecular weight is 455 g/mol. The van der Waals surface area contributed by atoms with E-state index in [4.69, 9.17) is 0 Å². The number of fused-ring (bicyclic) bond motifs is 6. The standard InChI is InChI=1S/C31H25F3/c1-18-9-12-22-23-13-10-19(16-27(23)29(2,3)26(22)15-18)20-11-14-24-21-7-5-6-8-25(21)30(4,28(24)17-20)31(32,33)34/h5-17H,1-4H3. The molecular weight excluding hydrogens is 429 g/mol. The molecule has 0 bridgehead atoms. The molecule has 2 aliphatic rings. The zero-order valence-electron chi connectivity index (χ0n) is 19.6. The Kier molecular flexibility index (Phi) is 4.14. The van der Waals surface area contributed by atoms with E-state index in [0.29, 0.717) is 22.3 Å². The molecule has 0 radical (unpaired) electrons. The number of hydrogen-bond donors (Lipinski definition) is 0. The van der Waals surface area contributed by atoms with Crippen LogP contribution in [0.3, 0.4) is 0 Å². The molecule has 0 aromatic heterocycles. The second-order valence-corrected chi connectivity index (χ2v) is 10.4. The quantitative estimate of drug-likeness (QED) is 0.269. The van der Waals surface area contributed by atoms with Crippen LogP contribution in [0, 0.1) is 6.92 Å². The lowest BCUT2D eigenvalue weighted by molar-refractivity contribution is -0.172. The van der Waals surface area contributed by atoms with Gasteiger partial charge in [0.2, 0.25) is 0 Å². The molecule has 0 nitrogen and oxygen atoms in total. The Hall–Kier alpha value is -3.33. The van der Waals surface area contributed by atoms with Crippen molar-refractivity contribution in [1.82, 2.24) is 0 Å². The fourth-order valence-corrected chi connectivity index (χ4v) is 6.01. The summed E-state index contributed by atoms with van der Waals surface area (Å²) in [6, 6.07) is 25.4. The van der Waals surface area contributed by atoms with Crippen LogP contribution in [0.4, 0.5) is 13.2 Å². The Morgan fingerprint density at radius 2 is 1.06 bits per heavy atom. The second-order valence-electron chi connectivity index (χ2n) is 10.4. The Morgan fingerprint density at radius 3 is 1.71 bits per heavy atom. The lowest BCUT2D eigenvalue weighted by Gasteiger charge is -2.30. The van der Waals surface area contributed by atoms with Gasteiger partial charge in [0.1, 0.15) is 5.41 Å². The second kappa shape index (κ2) is 6.63. The molecule has 2 aliphatic carbocycles. The van der Waals surface area contributed by atoms with Gasteiger partial charge in [0, 0.05) is 5.41 Å². The molecule has 1 atom stereocenters.